The molecule has 19 heavy (non-hydrogen) atoms. The molecular formula is C14H17N3O2. The predicted molar refractivity (Wildman–Crippen MR) is 66.4 cm³/mol. The van der Waals surface area contributed by atoms with Gasteiger partial charge in [0.25, 0.3) is 0 Å². The topological polar surface area (TPSA) is 85.0 Å². The van der Waals surface area contributed by atoms with E-state index in [4.69, 9.17) is 10.5 Å². The van der Waals surface area contributed by atoms with E-state index in [1.54, 1.807) is 0 Å². The summed E-state index contributed by atoms with van der Waals surface area (Å²) in [5.74, 6) is -0.0919. The third kappa shape index (κ3) is 1.73. The van der Waals surface area contributed by atoms with Crippen LogP contribution in [0.25, 0.3) is 0 Å². The Morgan fingerprint density at radius 2 is 1.95 bits per heavy atom. The fraction of sp³-hybridized carbons (Fsp3) is 0.714. The molecule has 0 aromatic rings. The van der Waals surface area contributed by atoms with E-state index in [1.165, 1.54) is 4.90 Å². The smallest absolute Gasteiger partial charge is 0.238 e. The van der Waals surface area contributed by atoms with Gasteiger partial charge >= 0.3 is 0 Å². The van der Waals surface area contributed by atoms with Crippen LogP contribution in [0.15, 0.2) is 0 Å². The van der Waals surface area contributed by atoms with Crippen molar-refractivity contribution in [3.8, 4) is 12.1 Å². The van der Waals surface area contributed by atoms with Crippen molar-refractivity contribution in [2.45, 2.75) is 33.1 Å². The number of nitrogens with zero attached hydrogens (tertiary/aromatic N) is 3. The monoisotopic (exact) mass is 259 g/mol. The summed E-state index contributed by atoms with van der Waals surface area (Å²) in [6.07, 6.45) is 2.01. The molecule has 0 spiro atoms. The standard InChI is InChI=1S/C14H17N3O2/c1-13(2)10-3-4-14(9-10,11(13)18)12(19)17(7-5-15)8-6-16/h10H,3-4,7-9H2,1-2H3/t10-,14+/m1/s1. The van der Waals surface area contributed by atoms with Crippen LogP contribution in [0.2, 0.25) is 0 Å². The Morgan fingerprint density at radius 1 is 1.37 bits per heavy atom. The van der Waals surface area contributed by atoms with Crippen molar-refractivity contribution in [3.63, 3.8) is 0 Å². The van der Waals surface area contributed by atoms with Gasteiger partial charge in [-0.3, -0.25) is 9.59 Å². The summed E-state index contributed by atoms with van der Waals surface area (Å²) in [5.41, 5.74) is -1.43. The van der Waals surface area contributed by atoms with Gasteiger partial charge in [0.15, 0.2) is 5.78 Å². The molecule has 5 heteroatoms. The van der Waals surface area contributed by atoms with Crippen molar-refractivity contribution in [1.29, 1.82) is 10.5 Å². The van der Waals surface area contributed by atoms with Gasteiger partial charge in [-0.05, 0) is 25.2 Å². The van der Waals surface area contributed by atoms with Crippen LogP contribution in [0.4, 0.5) is 0 Å². The lowest BCUT2D eigenvalue weighted by Gasteiger charge is -2.34. The number of amides is 1. The van der Waals surface area contributed by atoms with Crippen LogP contribution < -0.4 is 0 Å². The Hall–Kier alpha value is -1.88. The number of carbonyl (C=O) groups is 2. The summed E-state index contributed by atoms with van der Waals surface area (Å²) < 4.78 is 0. The zero-order valence-electron chi connectivity index (χ0n) is 11.3. The van der Waals surface area contributed by atoms with Crippen LogP contribution in [-0.4, -0.2) is 29.7 Å². The summed E-state index contributed by atoms with van der Waals surface area (Å²) in [5, 5.41) is 17.5. The predicted octanol–water partition coefficient (Wildman–Crippen LogP) is 1.26. The van der Waals surface area contributed by atoms with Crippen molar-refractivity contribution in [2.75, 3.05) is 13.1 Å². The number of rotatable bonds is 3. The zero-order chi connectivity index (χ0) is 14.3. The van der Waals surface area contributed by atoms with Crippen molar-refractivity contribution < 1.29 is 9.59 Å². The first-order valence-electron chi connectivity index (χ1n) is 6.48. The minimum atomic E-state index is -0.970. The van der Waals surface area contributed by atoms with Crippen molar-refractivity contribution in [2.24, 2.45) is 16.7 Å². The first-order valence-corrected chi connectivity index (χ1v) is 6.48. The molecule has 2 saturated carbocycles. The second kappa shape index (κ2) is 4.35. The minimum Gasteiger partial charge on any atom is -0.315 e. The van der Waals surface area contributed by atoms with E-state index < -0.39 is 10.8 Å². The summed E-state index contributed by atoms with van der Waals surface area (Å²) in [6, 6.07) is 3.78. The van der Waals surface area contributed by atoms with E-state index in [9.17, 15) is 9.59 Å². The van der Waals surface area contributed by atoms with Gasteiger partial charge in [0.05, 0.1) is 12.1 Å². The fourth-order valence-electron chi connectivity index (χ4n) is 3.63. The number of hydrogen-bond acceptors (Lipinski definition) is 4. The Labute approximate surface area is 112 Å². The summed E-state index contributed by atoms with van der Waals surface area (Å²) in [4.78, 5) is 26.4. The minimum absolute atomic E-state index is 0.0119. The van der Waals surface area contributed by atoms with Crippen LogP contribution in [0.3, 0.4) is 0 Å². The molecule has 100 valence electrons. The first-order chi connectivity index (χ1) is 8.90. The maximum atomic E-state index is 12.6. The average Bonchev–Trinajstić information content (AvgIpc) is 2.89. The molecule has 0 N–H and O–H groups in total. The molecule has 0 radical (unpaired) electrons. The number of Topliss-reactive ketones (excluding diaryl/α,β-unsaturated/α-hetero) is 1. The number of ketones is 1. The molecule has 2 fully saturated rings. The first kappa shape index (κ1) is 13.5. The Bertz CT molecular complexity index is 496. The van der Waals surface area contributed by atoms with Crippen molar-refractivity contribution in [3.05, 3.63) is 0 Å². The third-order valence-electron chi connectivity index (χ3n) is 4.77. The molecule has 2 aliphatic carbocycles. The normalized spacial score (nSPS) is 30.7. The fourth-order valence-corrected chi connectivity index (χ4v) is 3.63. The molecule has 0 aromatic carbocycles. The van der Waals surface area contributed by atoms with Gasteiger partial charge in [0.2, 0.25) is 5.91 Å². The lowest BCUT2D eigenvalue weighted by Crippen LogP contribution is -2.49. The van der Waals surface area contributed by atoms with E-state index in [0.29, 0.717) is 12.8 Å². The van der Waals surface area contributed by atoms with Crippen LogP contribution in [0.1, 0.15) is 33.1 Å². The molecule has 0 saturated heterocycles. The van der Waals surface area contributed by atoms with Gasteiger partial charge in [0, 0.05) is 5.41 Å². The Morgan fingerprint density at radius 3 is 2.37 bits per heavy atom. The van der Waals surface area contributed by atoms with Crippen LogP contribution in [0.5, 0.6) is 0 Å². The third-order valence-corrected chi connectivity index (χ3v) is 4.77. The molecule has 1 amide bonds. The molecular weight excluding hydrogens is 242 g/mol. The highest BCUT2D eigenvalue weighted by Gasteiger charge is 2.65. The number of hydrogen-bond donors (Lipinski definition) is 0. The Balaban J connectivity index is 2.31. The zero-order valence-corrected chi connectivity index (χ0v) is 11.3. The molecule has 0 unspecified atom stereocenters. The second-order valence-corrected chi connectivity index (χ2v) is 6.05. The molecule has 2 atom stereocenters. The van der Waals surface area contributed by atoms with Gasteiger partial charge in [-0.2, -0.15) is 10.5 Å². The summed E-state index contributed by atoms with van der Waals surface area (Å²) >= 11 is 0. The molecule has 0 heterocycles. The number of carbonyl (C=O) groups excluding carboxylic acids is 2. The van der Waals surface area contributed by atoms with Gasteiger partial charge in [-0.1, -0.05) is 13.8 Å². The highest BCUT2D eigenvalue weighted by Crippen LogP contribution is 2.60. The second-order valence-electron chi connectivity index (χ2n) is 6.05. The molecule has 0 aromatic heterocycles. The van der Waals surface area contributed by atoms with E-state index in [-0.39, 0.29) is 30.7 Å². The quantitative estimate of drug-likeness (QED) is 0.564. The lowest BCUT2D eigenvalue weighted by molar-refractivity contribution is -0.150. The van der Waals surface area contributed by atoms with Crippen LogP contribution in [-0.2, 0) is 9.59 Å². The molecule has 5 nitrogen and oxygen atoms in total. The molecule has 2 aliphatic rings. The average molecular weight is 259 g/mol. The molecule has 2 bridgehead atoms. The van der Waals surface area contributed by atoms with Gasteiger partial charge in [-0.25, -0.2) is 0 Å². The maximum Gasteiger partial charge on any atom is 0.238 e. The molecule has 2 rings (SSSR count). The highest BCUT2D eigenvalue weighted by atomic mass is 16.2. The van der Waals surface area contributed by atoms with Gasteiger partial charge in [0.1, 0.15) is 18.5 Å². The maximum absolute atomic E-state index is 12.6. The van der Waals surface area contributed by atoms with Crippen LogP contribution in [0, 0.1) is 39.4 Å². The van der Waals surface area contributed by atoms with E-state index in [2.05, 4.69) is 0 Å². The van der Waals surface area contributed by atoms with Gasteiger partial charge in [-0.15, -0.1) is 0 Å². The lowest BCUT2D eigenvalue weighted by atomic mass is 9.70. The molecule has 0 aliphatic heterocycles. The highest BCUT2D eigenvalue weighted by molar-refractivity contribution is 6.10. The van der Waals surface area contributed by atoms with E-state index in [1.807, 2.05) is 26.0 Å². The largest absolute Gasteiger partial charge is 0.315 e. The van der Waals surface area contributed by atoms with Crippen LogP contribution >= 0.6 is 0 Å². The summed E-state index contributed by atoms with van der Waals surface area (Å²) in [7, 11) is 0. The van der Waals surface area contributed by atoms with Crippen molar-refractivity contribution >= 4 is 11.7 Å². The van der Waals surface area contributed by atoms with Crippen molar-refractivity contribution in [1.82, 2.24) is 4.90 Å². The summed E-state index contributed by atoms with van der Waals surface area (Å²) in [6.45, 7) is 3.53. The Kier molecular flexibility index (Phi) is 3.10. The number of fused-ring (bicyclic) bond motifs is 2. The SMILES string of the molecule is CC1(C)C(=O)[C@]2(C(=O)N(CC#N)CC#N)CC[C@@H]1C2. The van der Waals surface area contributed by atoms with Gasteiger partial charge < -0.3 is 4.90 Å². The number of nitriles is 2. The van der Waals surface area contributed by atoms with E-state index in [0.717, 1.165) is 6.42 Å². The van der Waals surface area contributed by atoms with E-state index >= 15 is 0 Å².